The van der Waals surface area contributed by atoms with E-state index >= 15 is 0 Å². The molecule has 1 N–H and O–H groups in total. The van der Waals surface area contributed by atoms with E-state index in [1.54, 1.807) is 6.07 Å². The third-order valence-electron chi connectivity index (χ3n) is 4.61. The highest BCUT2D eigenvalue weighted by molar-refractivity contribution is 7.93. The maximum absolute atomic E-state index is 13.5. The second-order valence-corrected chi connectivity index (χ2v) is 8.28. The molecule has 0 amide bonds. The summed E-state index contributed by atoms with van der Waals surface area (Å²) in [4.78, 5) is 42.4. The number of Topliss-reactive ketones (excluding diaryl/α,β-unsaturated/α-hetero) is 1. The predicted octanol–water partition coefficient (Wildman–Crippen LogP) is 0.699. The van der Waals surface area contributed by atoms with E-state index in [0.29, 0.717) is 4.31 Å². The van der Waals surface area contributed by atoms with Crippen molar-refractivity contribution in [3.8, 4) is 0 Å². The number of ether oxygens (including phenoxy) is 2. The highest BCUT2D eigenvalue weighted by Gasteiger charge is 2.65. The van der Waals surface area contributed by atoms with Crippen LogP contribution in [0.3, 0.4) is 0 Å². The number of hydrogen-bond donors (Lipinski definition) is 1. The molecule has 10 nitrogen and oxygen atoms in total. The molecule has 1 unspecified atom stereocenters. The van der Waals surface area contributed by atoms with Crippen molar-refractivity contribution in [3.63, 3.8) is 0 Å². The molecule has 0 fully saturated rings. The first kappa shape index (κ1) is 22.4. The van der Waals surface area contributed by atoms with Crippen molar-refractivity contribution >= 4 is 33.6 Å². The molecule has 1 aromatic carbocycles. The number of carbonyl (C=O) groups excluding carboxylic acids is 3. The van der Waals surface area contributed by atoms with Crippen LogP contribution in [-0.4, -0.2) is 61.1 Å². The molecule has 2 aromatic rings. The molecule has 1 atom stereocenters. The monoisotopic (exact) mass is 448 g/mol. The summed E-state index contributed by atoms with van der Waals surface area (Å²) in [6.07, 6.45) is 1.25. The van der Waals surface area contributed by atoms with Crippen molar-refractivity contribution in [2.24, 2.45) is 0 Å². The Hall–Kier alpha value is -3.31. The molecule has 0 radical (unpaired) electrons. The lowest BCUT2D eigenvalue weighted by molar-refractivity contribution is -0.184. The molecule has 2 heterocycles. The van der Waals surface area contributed by atoms with Gasteiger partial charge in [0.25, 0.3) is 15.6 Å². The lowest BCUT2D eigenvalue weighted by atomic mass is 9.90. The quantitative estimate of drug-likeness (QED) is 0.479. The molecule has 1 aliphatic rings. The molecule has 3 rings (SSSR count). The van der Waals surface area contributed by atoms with E-state index in [-0.39, 0.29) is 29.5 Å². The highest BCUT2D eigenvalue weighted by atomic mass is 32.2. The lowest BCUT2D eigenvalue weighted by Crippen LogP contribution is -2.65. The van der Waals surface area contributed by atoms with Crippen molar-refractivity contribution < 1.29 is 37.4 Å². The maximum Gasteiger partial charge on any atom is 0.352 e. The SMILES string of the molecule is CCOC(=O)C(O)(C(=O)OCC)C1C(=O)c2cccnc2N1S(=O)(=O)c1ccccc1. The standard InChI is InChI=1S/C20H20N2O8S/c1-3-29-18(24)20(26,19(25)30-4-2)16-15(23)14-11-8-12-21-17(14)22(16)31(27,28)13-9-6-5-7-10-13/h5-12,16,26H,3-4H2,1-2H3. The zero-order chi connectivity index (χ0) is 22.8. The molecule has 11 heteroatoms. The Morgan fingerprint density at radius 2 is 1.65 bits per heavy atom. The molecule has 0 bridgehead atoms. The Morgan fingerprint density at radius 3 is 2.19 bits per heavy atom. The van der Waals surface area contributed by atoms with Crippen LogP contribution in [0, 0.1) is 0 Å². The van der Waals surface area contributed by atoms with Crippen molar-refractivity contribution in [1.82, 2.24) is 4.98 Å². The fraction of sp³-hybridized carbons (Fsp3) is 0.300. The Morgan fingerprint density at radius 1 is 1.06 bits per heavy atom. The summed E-state index contributed by atoms with van der Waals surface area (Å²) in [6.45, 7) is 2.37. The first-order chi connectivity index (χ1) is 14.7. The van der Waals surface area contributed by atoms with Gasteiger partial charge in [-0.15, -0.1) is 0 Å². The number of anilines is 1. The minimum Gasteiger partial charge on any atom is -0.463 e. The molecule has 0 aliphatic carbocycles. The first-order valence-corrected chi connectivity index (χ1v) is 10.8. The van der Waals surface area contributed by atoms with Gasteiger partial charge in [0.05, 0.1) is 23.7 Å². The molecule has 1 aromatic heterocycles. The smallest absolute Gasteiger partial charge is 0.352 e. The van der Waals surface area contributed by atoms with Crippen LogP contribution in [0.5, 0.6) is 0 Å². The largest absolute Gasteiger partial charge is 0.463 e. The van der Waals surface area contributed by atoms with Gasteiger partial charge in [-0.05, 0) is 38.1 Å². The fourth-order valence-corrected chi connectivity index (χ4v) is 4.88. The van der Waals surface area contributed by atoms with Gasteiger partial charge in [-0.25, -0.2) is 27.3 Å². The number of benzene rings is 1. The Kier molecular flexibility index (Phi) is 6.09. The van der Waals surface area contributed by atoms with Crippen molar-refractivity contribution in [3.05, 3.63) is 54.2 Å². The number of pyridine rings is 1. The number of ketones is 1. The minimum atomic E-state index is -4.54. The summed E-state index contributed by atoms with van der Waals surface area (Å²) >= 11 is 0. The van der Waals surface area contributed by atoms with Gasteiger partial charge in [-0.3, -0.25) is 4.79 Å². The fourth-order valence-electron chi connectivity index (χ4n) is 3.25. The second kappa shape index (κ2) is 8.44. The zero-order valence-corrected chi connectivity index (χ0v) is 17.5. The minimum absolute atomic E-state index is 0.181. The van der Waals surface area contributed by atoms with E-state index < -0.39 is 39.4 Å². The number of aliphatic hydroxyl groups is 1. The average Bonchev–Trinajstić information content (AvgIpc) is 3.08. The average molecular weight is 448 g/mol. The molecule has 164 valence electrons. The van der Waals surface area contributed by atoms with Gasteiger partial charge in [0.1, 0.15) is 0 Å². The summed E-state index contributed by atoms with van der Waals surface area (Å²) in [5.74, 6) is -4.33. The van der Waals surface area contributed by atoms with E-state index in [1.807, 2.05) is 0 Å². The lowest BCUT2D eigenvalue weighted by Gasteiger charge is -2.34. The Labute approximate surface area is 178 Å². The van der Waals surface area contributed by atoms with Crippen LogP contribution >= 0.6 is 0 Å². The number of fused-ring (bicyclic) bond motifs is 1. The van der Waals surface area contributed by atoms with Crippen LogP contribution in [0.1, 0.15) is 24.2 Å². The Bertz CT molecular complexity index is 1100. The van der Waals surface area contributed by atoms with Crippen LogP contribution in [0.25, 0.3) is 0 Å². The van der Waals surface area contributed by atoms with Crippen LogP contribution in [0.15, 0.2) is 53.6 Å². The van der Waals surface area contributed by atoms with E-state index in [2.05, 4.69) is 4.98 Å². The van der Waals surface area contributed by atoms with E-state index in [1.165, 1.54) is 56.4 Å². The number of sulfonamides is 1. The number of hydrogen-bond acceptors (Lipinski definition) is 9. The van der Waals surface area contributed by atoms with Gasteiger partial charge in [-0.1, -0.05) is 18.2 Å². The number of esters is 2. The third-order valence-corrected chi connectivity index (χ3v) is 6.38. The third kappa shape index (κ3) is 3.55. The van der Waals surface area contributed by atoms with Crippen LogP contribution < -0.4 is 4.31 Å². The summed E-state index contributed by atoms with van der Waals surface area (Å²) in [7, 11) is -4.54. The van der Waals surface area contributed by atoms with Gasteiger partial charge < -0.3 is 14.6 Å². The molecular formula is C20H20N2O8S. The van der Waals surface area contributed by atoms with Crippen molar-refractivity contribution in [2.75, 3.05) is 17.5 Å². The van der Waals surface area contributed by atoms with Gasteiger partial charge in [0.2, 0.25) is 0 Å². The topological polar surface area (TPSA) is 140 Å². The van der Waals surface area contributed by atoms with E-state index in [0.717, 1.165) is 0 Å². The normalized spacial score (nSPS) is 16.0. The summed E-state index contributed by atoms with van der Waals surface area (Å²) in [5.41, 5.74) is -3.44. The predicted molar refractivity (Wildman–Crippen MR) is 107 cm³/mol. The molecule has 31 heavy (non-hydrogen) atoms. The molecule has 0 spiro atoms. The van der Waals surface area contributed by atoms with Gasteiger partial charge in [0, 0.05) is 6.20 Å². The van der Waals surface area contributed by atoms with Gasteiger partial charge >= 0.3 is 11.9 Å². The molecule has 0 saturated carbocycles. The summed E-state index contributed by atoms with van der Waals surface area (Å²) < 4.78 is 37.1. The highest BCUT2D eigenvalue weighted by Crippen LogP contribution is 2.40. The summed E-state index contributed by atoms with van der Waals surface area (Å²) in [5, 5.41) is 11.2. The van der Waals surface area contributed by atoms with E-state index in [9.17, 15) is 27.9 Å². The van der Waals surface area contributed by atoms with E-state index in [4.69, 9.17) is 9.47 Å². The van der Waals surface area contributed by atoms with Crippen LogP contribution in [0.4, 0.5) is 5.82 Å². The number of carbonyl (C=O) groups is 3. The molecule has 1 aliphatic heterocycles. The number of rotatable bonds is 7. The Balaban J connectivity index is 2.28. The van der Waals surface area contributed by atoms with Crippen molar-refractivity contribution in [1.29, 1.82) is 0 Å². The first-order valence-electron chi connectivity index (χ1n) is 9.36. The number of aromatic nitrogens is 1. The van der Waals surface area contributed by atoms with Crippen LogP contribution in [0.2, 0.25) is 0 Å². The van der Waals surface area contributed by atoms with Crippen molar-refractivity contribution in [2.45, 2.75) is 30.4 Å². The zero-order valence-electron chi connectivity index (χ0n) is 16.7. The van der Waals surface area contributed by atoms with Gasteiger partial charge in [-0.2, -0.15) is 0 Å². The number of nitrogens with zero attached hydrogens (tertiary/aromatic N) is 2. The van der Waals surface area contributed by atoms with Crippen LogP contribution in [-0.2, 0) is 29.1 Å². The molecule has 0 saturated heterocycles. The summed E-state index contributed by atoms with van der Waals surface area (Å²) in [6, 6.07) is 7.52. The second-order valence-electron chi connectivity index (χ2n) is 6.46. The van der Waals surface area contributed by atoms with Gasteiger partial charge in [0.15, 0.2) is 17.6 Å². The maximum atomic E-state index is 13.5. The molecular weight excluding hydrogens is 428 g/mol.